The van der Waals surface area contributed by atoms with Gasteiger partial charge in [-0.3, -0.25) is 4.90 Å². The van der Waals surface area contributed by atoms with Crippen LogP contribution in [0.4, 0.5) is 4.39 Å². The second-order valence-electron chi connectivity index (χ2n) is 5.44. The summed E-state index contributed by atoms with van der Waals surface area (Å²) in [5.41, 5.74) is 0.970. The van der Waals surface area contributed by atoms with Crippen molar-refractivity contribution in [3.8, 4) is 11.5 Å². The molecule has 24 heavy (non-hydrogen) atoms. The van der Waals surface area contributed by atoms with Crippen LogP contribution in [-0.4, -0.2) is 37.8 Å². The molecular formula is C18H23Cl2FN2O. The van der Waals surface area contributed by atoms with Gasteiger partial charge in [-0.25, -0.2) is 4.39 Å². The van der Waals surface area contributed by atoms with Crippen molar-refractivity contribution in [2.75, 3.05) is 32.9 Å². The molecule has 0 aromatic heterocycles. The van der Waals surface area contributed by atoms with Crippen LogP contribution in [0.1, 0.15) is 11.6 Å². The zero-order valence-electron chi connectivity index (χ0n) is 13.4. The molecular weight excluding hydrogens is 350 g/mol. The maximum atomic E-state index is 13.6. The molecule has 1 N–H and O–H groups in total. The van der Waals surface area contributed by atoms with E-state index in [1.165, 1.54) is 0 Å². The van der Waals surface area contributed by atoms with E-state index in [0.29, 0.717) is 0 Å². The summed E-state index contributed by atoms with van der Waals surface area (Å²) in [6.45, 7) is 3.19. The maximum Gasteiger partial charge on any atom is 0.127 e. The molecule has 1 fully saturated rings. The fourth-order valence-electron chi connectivity index (χ4n) is 2.80. The van der Waals surface area contributed by atoms with E-state index in [4.69, 9.17) is 4.74 Å². The van der Waals surface area contributed by atoms with Crippen molar-refractivity contribution in [2.45, 2.75) is 6.04 Å². The van der Waals surface area contributed by atoms with Gasteiger partial charge in [0, 0.05) is 26.2 Å². The Morgan fingerprint density at radius 1 is 0.958 bits per heavy atom. The van der Waals surface area contributed by atoms with Crippen molar-refractivity contribution in [1.82, 2.24) is 10.2 Å². The highest BCUT2D eigenvalue weighted by Gasteiger charge is 2.22. The van der Waals surface area contributed by atoms with E-state index in [0.717, 1.165) is 43.2 Å². The lowest BCUT2D eigenvalue weighted by Gasteiger charge is -2.33. The van der Waals surface area contributed by atoms with Gasteiger partial charge < -0.3 is 10.1 Å². The van der Waals surface area contributed by atoms with Crippen molar-refractivity contribution >= 4 is 24.8 Å². The van der Waals surface area contributed by atoms with Gasteiger partial charge in [0.25, 0.3) is 0 Å². The van der Waals surface area contributed by atoms with Crippen molar-refractivity contribution in [3.05, 3.63) is 60.2 Å². The summed E-state index contributed by atoms with van der Waals surface area (Å²) in [7, 11) is 0. The summed E-state index contributed by atoms with van der Waals surface area (Å²) >= 11 is 0. The van der Waals surface area contributed by atoms with Gasteiger partial charge in [-0.15, -0.1) is 24.8 Å². The molecule has 2 aromatic rings. The maximum absolute atomic E-state index is 13.6. The van der Waals surface area contributed by atoms with Crippen LogP contribution < -0.4 is 10.1 Å². The molecule has 0 amide bonds. The first-order chi connectivity index (χ1) is 10.9. The summed E-state index contributed by atoms with van der Waals surface area (Å²) in [6, 6.07) is 17.2. The molecule has 3 rings (SSSR count). The number of hydrogen-bond donors (Lipinski definition) is 1. The predicted molar refractivity (Wildman–Crippen MR) is 101 cm³/mol. The summed E-state index contributed by atoms with van der Waals surface area (Å²) in [5.74, 6) is 1.54. The highest BCUT2D eigenvalue weighted by atomic mass is 35.5. The fraction of sp³-hybridized carbons (Fsp3) is 0.333. The van der Waals surface area contributed by atoms with Crippen LogP contribution in [-0.2, 0) is 0 Å². The first kappa shape index (κ1) is 20.7. The number of para-hydroxylation sites is 1. The molecule has 1 atom stereocenters. The van der Waals surface area contributed by atoms with Gasteiger partial charge in [-0.1, -0.05) is 30.3 Å². The molecule has 0 bridgehead atoms. The topological polar surface area (TPSA) is 24.5 Å². The number of ether oxygens (including phenoxy) is 1. The third kappa shape index (κ3) is 5.35. The molecule has 6 heteroatoms. The number of piperazine rings is 1. The minimum Gasteiger partial charge on any atom is -0.457 e. The largest absolute Gasteiger partial charge is 0.457 e. The molecule has 0 aliphatic carbocycles. The summed E-state index contributed by atoms with van der Waals surface area (Å²) in [5, 5.41) is 3.30. The number of rotatable bonds is 5. The van der Waals surface area contributed by atoms with Crippen LogP contribution in [0.25, 0.3) is 0 Å². The Labute approximate surface area is 155 Å². The van der Waals surface area contributed by atoms with E-state index in [9.17, 15) is 4.39 Å². The van der Waals surface area contributed by atoms with Crippen molar-refractivity contribution in [3.63, 3.8) is 0 Å². The van der Waals surface area contributed by atoms with Crippen molar-refractivity contribution < 1.29 is 9.13 Å². The number of alkyl halides is 1. The van der Waals surface area contributed by atoms with E-state index < -0.39 is 0 Å². The fourth-order valence-corrected chi connectivity index (χ4v) is 2.80. The lowest BCUT2D eigenvalue weighted by atomic mass is 10.1. The van der Waals surface area contributed by atoms with Gasteiger partial charge in [-0.05, 0) is 29.8 Å². The van der Waals surface area contributed by atoms with Gasteiger partial charge in [0.05, 0.1) is 6.04 Å². The van der Waals surface area contributed by atoms with Crippen molar-refractivity contribution in [1.29, 1.82) is 0 Å². The zero-order valence-corrected chi connectivity index (χ0v) is 15.0. The first-order valence-corrected chi connectivity index (χ1v) is 7.70. The number of hydrogen-bond acceptors (Lipinski definition) is 3. The van der Waals surface area contributed by atoms with Crippen LogP contribution in [0.5, 0.6) is 11.5 Å². The highest BCUT2D eigenvalue weighted by molar-refractivity contribution is 5.85. The van der Waals surface area contributed by atoms with Crippen molar-refractivity contribution in [2.24, 2.45) is 0 Å². The highest BCUT2D eigenvalue weighted by Crippen LogP contribution is 2.27. The molecule has 0 saturated carbocycles. The molecule has 132 valence electrons. The summed E-state index contributed by atoms with van der Waals surface area (Å²) < 4.78 is 19.4. The smallest absolute Gasteiger partial charge is 0.127 e. The van der Waals surface area contributed by atoms with E-state index in [2.05, 4.69) is 10.2 Å². The molecule has 1 saturated heterocycles. The SMILES string of the molecule is Cl.Cl.FC[C@@H](c1cccc(Oc2ccccc2)c1)N1CCNCC1. The quantitative estimate of drug-likeness (QED) is 0.849. The molecule has 2 aromatic carbocycles. The average molecular weight is 373 g/mol. The van der Waals surface area contributed by atoms with E-state index in [1.54, 1.807) is 0 Å². The van der Waals surface area contributed by atoms with E-state index in [1.807, 2.05) is 54.6 Å². The van der Waals surface area contributed by atoms with Gasteiger partial charge in [0.2, 0.25) is 0 Å². The molecule has 3 nitrogen and oxygen atoms in total. The Hall–Kier alpha value is -1.33. The van der Waals surface area contributed by atoms with E-state index in [-0.39, 0.29) is 37.5 Å². The molecule has 0 spiro atoms. The third-order valence-electron chi connectivity index (χ3n) is 3.96. The molecule has 0 radical (unpaired) electrons. The minimum absolute atomic E-state index is 0. The lowest BCUT2D eigenvalue weighted by Crippen LogP contribution is -2.45. The lowest BCUT2D eigenvalue weighted by molar-refractivity contribution is 0.147. The molecule has 1 heterocycles. The normalized spacial score (nSPS) is 15.7. The van der Waals surface area contributed by atoms with Crippen LogP contribution in [0.15, 0.2) is 54.6 Å². The molecule has 1 aliphatic rings. The second kappa shape index (κ2) is 10.5. The summed E-state index contributed by atoms with van der Waals surface area (Å²) in [6.07, 6.45) is 0. The predicted octanol–water partition coefficient (Wildman–Crippen LogP) is 4.24. The Balaban J connectivity index is 0.00000144. The van der Waals surface area contributed by atoms with Gasteiger partial charge in [0.15, 0.2) is 0 Å². The minimum atomic E-state index is -0.380. The first-order valence-electron chi connectivity index (χ1n) is 7.70. The number of halogens is 3. The number of benzene rings is 2. The van der Waals surface area contributed by atoms with Gasteiger partial charge in [0.1, 0.15) is 18.2 Å². The van der Waals surface area contributed by atoms with Crippen LogP contribution in [0.3, 0.4) is 0 Å². The Morgan fingerprint density at radius 2 is 1.62 bits per heavy atom. The Kier molecular flexibility index (Phi) is 9.08. The van der Waals surface area contributed by atoms with Gasteiger partial charge in [-0.2, -0.15) is 0 Å². The number of nitrogens with one attached hydrogen (secondary N) is 1. The monoisotopic (exact) mass is 372 g/mol. The standard InChI is InChI=1S/C18H21FN2O.2ClH/c19-14-18(21-11-9-20-10-12-21)15-5-4-8-17(13-15)22-16-6-2-1-3-7-16;;/h1-8,13,18,20H,9-12,14H2;2*1H/t18-;;/m0../s1. The van der Waals surface area contributed by atoms with Gasteiger partial charge >= 0.3 is 0 Å². The van der Waals surface area contributed by atoms with E-state index >= 15 is 0 Å². The zero-order chi connectivity index (χ0) is 15.2. The molecule has 0 unspecified atom stereocenters. The Bertz CT molecular complexity index is 595. The summed E-state index contributed by atoms with van der Waals surface area (Å²) in [4.78, 5) is 2.19. The molecule has 1 aliphatic heterocycles. The van der Waals surface area contributed by atoms with Crippen LogP contribution >= 0.6 is 24.8 Å². The number of nitrogens with zero attached hydrogens (tertiary/aromatic N) is 1. The second-order valence-corrected chi connectivity index (χ2v) is 5.44. The Morgan fingerprint density at radius 3 is 2.29 bits per heavy atom. The third-order valence-corrected chi connectivity index (χ3v) is 3.96. The van der Waals surface area contributed by atoms with Crippen LogP contribution in [0.2, 0.25) is 0 Å². The van der Waals surface area contributed by atoms with Crippen LogP contribution in [0, 0.1) is 0 Å². The average Bonchev–Trinajstić information content (AvgIpc) is 2.58.